The highest BCUT2D eigenvalue weighted by Crippen LogP contribution is 2.13. The van der Waals surface area contributed by atoms with Crippen LogP contribution in [0.2, 0.25) is 0 Å². The maximum absolute atomic E-state index is 10.6. The van der Waals surface area contributed by atoms with Gasteiger partial charge in [-0.15, -0.1) is 0 Å². The molecule has 0 saturated heterocycles. The number of rotatable bonds is 1. The highest BCUT2D eigenvalue weighted by atomic mass is 32.2. The largest absolute Gasteiger partial charge is 0.744 e. The van der Waals surface area contributed by atoms with E-state index in [2.05, 4.69) is 0 Å². The molecule has 0 spiro atoms. The van der Waals surface area contributed by atoms with Crippen LogP contribution in [-0.2, 0) is 10.1 Å². The van der Waals surface area contributed by atoms with E-state index in [-0.39, 0.29) is 4.90 Å². The van der Waals surface area contributed by atoms with Gasteiger partial charge in [0.05, 0.1) is 4.90 Å². The van der Waals surface area contributed by atoms with Crippen molar-refractivity contribution in [2.45, 2.75) is 18.7 Å². The number of benzene rings is 1. The van der Waals surface area contributed by atoms with Crippen molar-refractivity contribution >= 4 is 10.1 Å². The van der Waals surface area contributed by atoms with E-state index in [1.54, 1.807) is 13.8 Å². The summed E-state index contributed by atoms with van der Waals surface area (Å²) in [5.74, 6) is 0. The van der Waals surface area contributed by atoms with E-state index in [1.807, 2.05) is 6.07 Å². The van der Waals surface area contributed by atoms with Crippen molar-refractivity contribution in [3.05, 3.63) is 29.3 Å². The third-order valence-electron chi connectivity index (χ3n) is 1.48. The summed E-state index contributed by atoms with van der Waals surface area (Å²) in [6.07, 6.45) is 0. The Kier molecular flexibility index (Phi) is 2.21. The molecule has 1 aromatic carbocycles. The van der Waals surface area contributed by atoms with Crippen molar-refractivity contribution in [3.8, 4) is 0 Å². The second kappa shape index (κ2) is 2.88. The van der Waals surface area contributed by atoms with Gasteiger partial charge < -0.3 is 4.55 Å². The van der Waals surface area contributed by atoms with Crippen molar-refractivity contribution in [2.75, 3.05) is 0 Å². The Bertz CT molecular complexity index is 373. The number of aryl methyl sites for hydroxylation is 2. The van der Waals surface area contributed by atoms with E-state index in [0.29, 0.717) is 0 Å². The molecule has 12 heavy (non-hydrogen) atoms. The Morgan fingerprint density at radius 1 is 1.08 bits per heavy atom. The molecule has 0 unspecified atom stereocenters. The topological polar surface area (TPSA) is 57.2 Å². The standard InChI is InChI=1S/C8H10O3S/c1-6-3-7(2)5-8(4-6)12(9,10)11/h3-5H,1-2H3,(H,9,10,11)/p-1. The second-order valence-corrected chi connectivity index (χ2v) is 4.16. The zero-order valence-corrected chi connectivity index (χ0v) is 7.68. The van der Waals surface area contributed by atoms with Crippen LogP contribution in [0.1, 0.15) is 11.1 Å². The van der Waals surface area contributed by atoms with Gasteiger partial charge in [0, 0.05) is 0 Å². The molecule has 1 aromatic rings. The number of hydrogen-bond donors (Lipinski definition) is 0. The van der Waals surface area contributed by atoms with E-state index in [0.717, 1.165) is 11.1 Å². The smallest absolute Gasteiger partial charge is 0.124 e. The molecule has 1 rings (SSSR count). The van der Waals surface area contributed by atoms with E-state index in [4.69, 9.17) is 0 Å². The van der Waals surface area contributed by atoms with Crippen LogP contribution in [0.15, 0.2) is 23.1 Å². The maximum Gasteiger partial charge on any atom is 0.124 e. The van der Waals surface area contributed by atoms with Gasteiger partial charge in [0.25, 0.3) is 0 Å². The monoisotopic (exact) mass is 185 g/mol. The summed E-state index contributed by atoms with van der Waals surface area (Å²) in [6.45, 7) is 3.50. The molecule has 0 aliphatic rings. The molecule has 4 heteroatoms. The van der Waals surface area contributed by atoms with Gasteiger partial charge in [0.15, 0.2) is 0 Å². The predicted molar refractivity (Wildman–Crippen MR) is 43.9 cm³/mol. The minimum Gasteiger partial charge on any atom is -0.744 e. The van der Waals surface area contributed by atoms with E-state index in [9.17, 15) is 13.0 Å². The van der Waals surface area contributed by atoms with Gasteiger partial charge in [-0.3, -0.25) is 0 Å². The zero-order chi connectivity index (χ0) is 9.35. The van der Waals surface area contributed by atoms with Crippen LogP contribution in [0.25, 0.3) is 0 Å². The molecule has 0 amide bonds. The molecule has 0 N–H and O–H groups in total. The lowest BCUT2D eigenvalue weighted by molar-refractivity contribution is 0.463. The summed E-state index contributed by atoms with van der Waals surface area (Å²) in [7, 11) is -4.30. The first-order valence-electron chi connectivity index (χ1n) is 3.44. The molecule has 66 valence electrons. The van der Waals surface area contributed by atoms with Crippen molar-refractivity contribution in [1.29, 1.82) is 0 Å². The Balaban J connectivity index is 3.37. The van der Waals surface area contributed by atoms with Gasteiger partial charge in [-0.25, -0.2) is 8.42 Å². The summed E-state index contributed by atoms with van der Waals surface area (Å²) >= 11 is 0. The van der Waals surface area contributed by atoms with Crippen molar-refractivity contribution in [2.24, 2.45) is 0 Å². The van der Waals surface area contributed by atoms with Crippen LogP contribution in [0.3, 0.4) is 0 Å². The highest BCUT2D eigenvalue weighted by Gasteiger charge is 2.01. The Labute approximate surface area is 71.8 Å². The Morgan fingerprint density at radius 2 is 1.50 bits per heavy atom. The minimum absolute atomic E-state index is 0.153. The van der Waals surface area contributed by atoms with E-state index < -0.39 is 10.1 Å². The molecule has 0 aromatic heterocycles. The third-order valence-corrected chi connectivity index (χ3v) is 2.30. The molecule has 0 radical (unpaired) electrons. The van der Waals surface area contributed by atoms with Crippen LogP contribution < -0.4 is 0 Å². The molecule has 0 atom stereocenters. The normalized spacial score (nSPS) is 11.6. The first-order valence-corrected chi connectivity index (χ1v) is 4.84. The summed E-state index contributed by atoms with van der Waals surface area (Å²) in [5, 5.41) is 0. The van der Waals surface area contributed by atoms with Crippen molar-refractivity contribution < 1.29 is 13.0 Å². The Morgan fingerprint density at radius 3 is 1.83 bits per heavy atom. The fraction of sp³-hybridized carbons (Fsp3) is 0.250. The summed E-state index contributed by atoms with van der Waals surface area (Å²) in [6, 6.07) is 4.55. The minimum atomic E-state index is -4.30. The SMILES string of the molecule is Cc1cc(C)cc(S(=O)(=O)[O-])c1. The average Bonchev–Trinajstić information content (AvgIpc) is 1.82. The molecular weight excluding hydrogens is 176 g/mol. The molecule has 0 bridgehead atoms. The van der Waals surface area contributed by atoms with E-state index >= 15 is 0 Å². The van der Waals surface area contributed by atoms with Crippen LogP contribution in [0.5, 0.6) is 0 Å². The molecule has 0 fully saturated rings. The van der Waals surface area contributed by atoms with Crippen LogP contribution in [-0.4, -0.2) is 13.0 Å². The molecule has 0 saturated carbocycles. The molecule has 3 nitrogen and oxygen atoms in total. The lowest BCUT2D eigenvalue weighted by Gasteiger charge is -2.08. The van der Waals surface area contributed by atoms with Gasteiger partial charge >= 0.3 is 0 Å². The van der Waals surface area contributed by atoms with Crippen LogP contribution in [0, 0.1) is 13.8 Å². The predicted octanol–water partition coefficient (Wildman–Crippen LogP) is 1.21. The summed E-state index contributed by atoms with van der Waals surface area (Å²) in [4.78, 5) is -0.153. The van der Waals surface area contributed by atoms with Gasteiger partial charge in [-0.2, -0.15) is 0 Å². The van der Waals surface area contributed by atoms with Gasteiger partial charge in [-0.1, -0.05) is 6.07 Å². The lowest BCUT2D eigenvalue weighted by atomic mass is 10.2. The van der Waals surface area contributed by atoms with Crippen molar-refractivity contribution in [1.82, 2.24) is 0 Å². The average molecular weight is 185 g/mol. The van der Waals surface area contributed by atoms with Crippen LogP contribution in [0.4, 0.5) is 0 Å². The fourth-order valence-electron chi connectivity index (χ4n) is 1.08. The highest BCUT2D eigenvalue weighted by molar-refractivity contribution is 7.85. The van der Waals surface area contributed by atoms with E-state index in [1.165, 1.54) is 12.1 Å². The Hall–Kier alpha value is -0.870. The zero-order valence-electron chi connectivity index (χ0n) is 6.87. The summed E-state index contributed by atoms with van der Waals surface area (Å²) in [5.41, 5.74) is 1.56. The van der Waals surface area contributed by atoms with Crippen molar-refractivity contribution in [3.63, 3.8) is 0 Å². The molecular formula is C8H9O3S-. The van der Waals surface area contributed by atoms with Gasteiger partial charge in [0.2, 0.25) is 0 Å². The van der Waals surface area contributed by atoms with Gasteiger partial charge in [-0.05, 0) is 37.1 Å². The molecule has 0 aliphatic heterocycles. The first-order chi connectivity index (χ1) is 5.39. The lowest BCUT2D eigenvalue weighted by Crippen LogP contribution is -1.99. The second-order valence-electron chi connectivity index (χ2n) is 2.78. The summed E-state index contributed by atoms with van der Waals surface area (Å²) < 4.78 is 31.7. The van der Waals surface area contributed by atoms with Crippen LogP contribution >= 0.6 is 0 Å². The quantitative estimate of drug-likeness (QED) is 0.618. The molecule has 0 aliphatic carbocycles. The molecule has 0 heterocycles. The third kappa shape index (κ3) is 2.06. The number of hydrogen-bond acceptors (Lipinski definition) is 3. The van der Waals surface area contributed by atoms with Gasteiger partial charge in [0.1, 0.15) is 10.1 Å². The maximum atomic E-state index is 10.6. The fourth-order valence-corrected chi connectivity index (χ4v) is 1.74. The first kappa shape index (κ1) is 9.22.